The highest BCUT2D eigenvalue weighted by Gasteiger charge is 2.37. The summed E-state index contributed by atoms with van der Waals surface area (Å²) in [5.41, 5.74) is 3.79. The Kier molecular flexibility index (Phi) is 5.21. The van der Waals surface area contributed by atoms with Gasteiger partial charge in [-0.3, -0.25) is 9.58 Å². The molecule has 3 heterocycles. The maximum atomic E-state index is 7.81. The minimum Gasteiger partial charge on any atom is -0.379 e. The highest BCUT2D eigenvalue weighted by molar-refractivity contribution is 6.33. The molecule has 2 N–H and O–H groups in total. The van der Waals surface area contributed by atoms with Crippen molar-refractivity contribution in [3.63, 3.8) is 0 Å². The zero-order valence-corrected chi connectivity index (χ0v) is 18.2. The van der Waals surface area contributed by atoms with Gasteiger partial charge in [0.25, 0.3) is 0 Å². The van der Waals surface area contributed by atoms with Crippen LogP contribution in [0.5, 0.6) is 0 Å². The Balaban J connectivity index is 1.33. The molecule has 1 aromatic carbocycles. The fraction of sp³-hybridized carbons (Fsp3) is 0.545. The largest absolute Gasteiger partial charge is 0.379 e. The molecule has 0 spiro atoms. The Bertz CT molecular complexity index is 926. The van der Waals surface area contributed by atoms with E-state index < -0.39 is 0 Å². The third kappa shape index (κ3) is 3.82. The molecular formula is C22H29ClN6O. The summed E-state index contributed by atoms with van der Waals surface area (Å²) in [6, 6.07) is 4.51. The van der Waals surface area contributed by atoms with Crippen LogP contribution < -0.4 is 10.2 Å². The van der Waals surface area contributed by atoms with Crippen molar-refractivity contribution in [1.29, 1.82) is 5.41 Å². The monoisotopic (exact) mass is 428 g/mol. The van der Waals surface area contributed by atoms with Crippen LogP contribution in [0.4, 0.5) is 17.1 Å². The van der Waals surface area contributed by atoms with Crippen molar-refractivity contribution in [2.75, 3.05) is 49.6 Å². The van der Waals surface area contributed by atoms with Crippen LogP contribution in [-0.4, -0.2) is 65.8 Å². The minimum absolute atomic E-state index is 0.161. The van der Waals surface area contributed by atoms with Gasteiger partial charge in [-0.1, -0.05) is 11.6 Å². The summed E-state index contributed by atoms with van der Waals surface area (Å²) >= 11 is 6.64. The zero-order valence-electron chi connectivity index (χ0n) is 17.4. The molecule has 1 aromatic heterocycles. The van der Waals surface area contributed by atoms with Crippen LogP contribution in [0.2, 0.25) is 5.02 Å². The van der Waals surface area contributed by atoms with E-state index in [4.69, 9.17) is 21.7 Å². The van der Waals surface area contributed by atoms with Gasteiger partial charge in [0.1, 0.15) is 0 Å². The van der Waals surface area contributed by atoms with Gasteiger partial charge in [0.2, 0.25) is 0 Å². The zero-order chi connectivity index (χ0) is 20.7. The van der Waals surface area contributed by atoms with Crippen LogP contribution in [0.15, 0.2) is 24.5 Å². The number of anilines is 3. The Morgan fingerprint density at radius 2 is 2.07 bits per heavy atom. The van der Waals surface area contributed by atoms with Gasteiger partial charge < -0.3 is 20.4 Å². The number of rotatable bonds is 6. The van der Waals surface area contributed by atoms with E-state index in [1.54, 1.807) is 0 Å². The first kappa shape index (κ1) is 19.8. The maximum absolute atomic E-state index is 7.81. The molecule has 2 saturated heterocycles. The Morgan fingerprint density at radius 1 is 1.27 bits per heavy atom. The van der Waals surface area contributed by atoms with Crippen molar-refractivity contribution < 1.29 is 4.74 Å². The number of aromatic nitrogens is 2. The highest BCUT2D eigenvalue weighted by Crippen LogP contribution is 2.37. The SMILES string of the molecule is CC1(N2CCN(c3cc(Nc4cnn(C5CC5)c4)c(C=N)cc3Cl)CC2)CCOC1. The van der Waals surface area contributed by atoms with E-state index in [0.29, 0.717) is 11.1 Å². The Labute approximate surface area is 182 Å². The molecular weight excluding hydrogens is 400 g/mol. The third-order valence-corrected chi connectivity index (χ3v) is 6.96. The summed E-state index contributed by atoms with van der Waals surface area (Å²) in [5, 5.41) is 16.4. The van der Waals surface area contributed by atoms with Crippen molar-refractivity contribution in [2.45, 2.75) is 37.8 Å². The summed E-state index contributed by atoms with van der Waals surface area (Å²) in [4.78, 5) is 4.91. The number of halogens is 1. The van der Waals surface area contributed by atoms with Gasteiger partial charge in [-0.15, -0.1) is 0 Å². The van der Waals surface area contributed by atoms with Gasteiger partial charge in [0.15, 0.2) is 0 Å². The molecule has 1 saturated carbocycles. The van der Waals surface area contributed by atoms with Gasteiger partial charge in [0, 0.05) is 62.0 Å². The fourth-order valence-electron chi connectivity index (χ4n) is 4.54. The molecule has 7 nitrogen and oxygen atoms in total. The molecule has 0 radical (unpaired) electrons. The number of benzene rings is 1. The van der Waals surface area contributed by atoms with E-state index in [2.05, 4.69) is 33.2 Å². The van der Waals surface area contributed by atoms with Crippen molar-refractivity contribution in [3.8, 4) is 0 Å². The molecule has 3 fully saturated rings. The highest BCUT2D eigenvalue weighted by atomic mass is 35.5. The first-order valence-electron chi connectivity index (χ1n) is 10.8. The lowest BCUT2D eigenvalue weighted by atomic mass is 9.98. The van der Waals surface area contributed by atoms with E-state index in [-0.39, 0.29) is 5.54 Å². The molecule has 1 aliphatic carbocycles. The van der Waals surface area contributed by atoms with Crippen LogP contribution in [0.1, 0.15) is 37.8 Å². The second kappa shape index (κ2) is 7.87. The summed E-state index contributed by atoms with van der Waals surface area (Å²) in [6.45, 7) is 7.85. The lowest BCUT2D eigenvalue weighted by molar-refractivity contribution is 0.0745. The normalized spacial score (nSPS) is 24.9. The quantitative estimate of drug-likeness (QED) is 0.682. The van der Waals surface area contributed by atoms with Gasteiger partial charge in [-0.05, 0) is 38.3 Å². The fourth-order valence-corrected chi connectivity index (χ4v) is 4.83. The molecule has 2 aliphatic heterocycles. The molecule has 160 valence electrons. The van der Waals surface area contributed by atoms with E-state index in [9.17, 15) is 0 Å². The Hall–Kier alpha value is -2.09. The van der Waals surface area contributed by atoms with Crippen LogP contribution in [-0.2, 0) is 4.74 Å². The van der Waals surface area contributed by atoms with Crippen molar-refractivity contribution >= 4 is 34.9 Å². The average molecular weight is 429 g/mol. The van der Waals surface area contributed by atoms with Gasteiger partial charge in [0.05, 0.1) is 35.2 Å². The molecule has 30 heavy (non-hydrogen) atoms. The lowest BCUT2D eigenvalue weighted by Crippen LogP contribution is -2.56. The maximum Gasteiger partial charge on any atom is 0.0770 e. The number of ether oxygens (including phenoxy) is 1. The number of piperazine rings is 1. The molecule has 3 aliphatic rings. The predicted molar refractivity (Wildman–Crippen MR) is 121 cm³/mol. The minimum atomic E-state index is 0.161. The van der Waals surface area contributed by atoms with Crippen LogP contribution in [0.25, 0.3) is 0 Å². The van der Waals surface area contributed by atoms with Crippen molar-refractivity contribution in [1.82, 2.24) is 14.7 Å². The number of hydrogen-bond acceptors (Lipinski definition) is 6. The summed E-state index contributed by atoms with van der Waals surface area (Å²) < 4.78 is 7.67. The lowest BCUT2D eigenvalue weighted by Gasteiger charge is -2.44. The van der Waals surface area contributed by atoms with Gasteiger partial charge in [-0.25, -0.2) is 0 Å². The number of nitrogens with zero attached hydrogens (tertiary/aromatic N) is 4. The predicted octanol–water partition coefficient (Wildman–Crippen LogP) is 3.91. The standard InChI is InChI=1S/C22H29ClN6O/c1-22(4-9-30-15-22)28-7-5-27(6-8-28)21-11-20(16(12-24)10-19(21)23)26-17-13-25-29(14-17)18-2-3-18/h10-14,18,24,26H,2-9,15H2,1H3. The average Bonchev–Trinajstić information content (AvgIpc) is 3.34. The summed E-state index contributed by atoms with van der Waals surface area (Å²) in [5.74, 6) is 0. The first-order valence-corrected chi connectivity index (χ1v) is 11.2. The second-order valence-corrected chi connectivity index (χ2v) is 9.28. The third-order valence-electron chi connectivity index (χ3n) is 6.66. The van der Waals surface area contributed by atoms with Gasteiger partial charge >= 0.3 is 0 Å². The summed E-state index contributed by atoms with van der Waals surface area (Å²) in [6.07, 6.45) is 8.75. The number of hydrogen-bond donors (Lipinski definition) is 2. The van der Waals surface area contributed by atoms with E-state index in [1.807, 2.05) is 23.1 Å². The van der Waals surface area contributed by atoms with E-state index >= 15 is 0 Å². The molecule has 1 unspecified atom stereocenters. The van der Waals surface area contributed by atoms with Crippen molar-refractivity contribution in [3.05, 3.63) is 35.1 Å². The van der Waals surface area contributed by atoms with Crippen LogP contribution in [0, 0.1) is 5.41 Å². The topological polar surface area (TPSA) is 69.4 Å². The number of nitrogens with one attached hydrogen (secondary N) is 2. The van der Waals surface area contributed by atoms with Crippen LogP contribution >= 0.6 is 11.6 Å². The first-order chi connectivity index (χ1) is 14.6. The molecule has 2 aromatic rings. The summed E-state index contributed by atoms with van der Waals surface area (Å²) in [7, 11) is 0. The second-order valence-electron chi connectivity index (χ2n) is 8.87. The molecule has 8 heteroatoms. The molecule has 1 atom stereocenters. The smallest absolute Gasteiger partial charge is 0.0770 e. The molecule has 0 bridgehead atoms. The van der Waals surface area contributed by atoms with Crippen molar-refractivity contribution in [2.24, 2.45) is 0 Å². The van der Waals surface area contributed by atoms with Gasteiger partial charge in [-0.2, -0.15) is 5.10 Å². The van der Waals surface area contributed by atoms with E-state index in [0.717, 1.165) is 68.4 Å². The van der Waals surface area contributed by atoms with E-state index in [1.165, 1.54) is 19.1 Å². The van der Waals surface area contributed by atoms with Crippen LogP contribution in [0.3, 0.4) is 0 Å². The molecule has 0 amide bonds. The Morgan fingerprint density at radius 3 is 2.73 bits per heavy atom. The molecule has 5 rings (SSSR count).